The summed E-state index contributed by atoms with van der Waals surface area (Å²) >= 11 is 0. The van der Waals surface area contributed by atoms with Crippen molar-refractivity contribution >= 4 is 15.7 Å². The van der Waals surface area contributed by atoms with Crippen molar-refractivity contribution in [1.82, 2.24) is 4.83 Å². The number of hydrazone groups is 1. The largest absolute Gasteiger partial charge is 0.463 e. The van der Waals surface area contributed by atoms with Crippen LogP contribution in [0.25, 0.3) is 0 Å². The van der Waals surface area contributed by atoms with Crippen molar-refractivity contribution in [2.45, 2.75) is 25.7 Å². The molecule has 2 aromatic rings. The number of benzene rings is 1. The lowest BCUT2D eigenvalue weighted by Crippen LogP contribution is -2.27. The summed E-state index contributed by atoms with van der Waals surface area (Å²) in [5.41, 5.74) is 0.170. The minimum absolute atomic E-state index is 0.168. The summed E-state index contributed by atoms with van der Waals surface area (Å²) in [7, 11) is -3.69. The minimum Gasteiger partial charge on any atom is -0.463 e. The number of nitrogens with one attached hydrogen (secondary N) is 1. The molecule has 0 saturated carbocycles. The molecule has 0 amide bonds. The van der Waals surface area contributed by atoms with E-state index in [2.05, 4.69) is 9.93 Å². The first-order valence-corrected chi connectivity index (χ1v) is 7.98. The molecule has 2 rings (SSSR count). The molecule has 0 fully saturated rings. The van der Waals surface area contributed by atoms with Gasteiger partial charge in [-0.15, -0.1) is 0 Å². The van der Waals surface area contributed by atoms with Crippen LogP contribution in [0.1, 0.15) is 26.5 Å². The second kappa shape index (κ2) is 5.73. The molecule has 1 aromatic carbocycles. The van der Waals surface area contributed by atoms with Crippen molar-refractivity contribution in [2.24, 2.45) is 10.5 Å². The van der Waals surface area contributed by atoms with Crippen LogP contribution in [0.3, 0.4) is 0 Å². The fraction of sp³-hybridized carbons (Fsp3) is 0.267. The first kappa shape index (κ1) is 15.3. The molecule has 112 valence electrons. The average molecular weight is 306 g/mol. The molecule has 0 aliphatic heterocycles. The van der Waals surface area contributed by atoms with Gasteiger partial charge in [0.05, 0.1) is 11.2 Å². The highest BCUT2D eigenvalue weighted by Crippen LogP contribution is 2.22. The van der Waals surface area contributed by atoms with Gasteiger partial charge in [0, 0.05) is 5.41 Å². The summed E-state index contributed by atoms with van der Waals surface area (Å²) in [4.78, 5) is 2.44. The Morgan fingerprint density at radius 1 is 1.10 bits per heavy atom. The van der Waals surface area contributed by atoms with Crippen LogP contribution in [0.5, 0.6) is 0 Å². The van der Waals surface area contributed by atoms with Crippen LogP contribution in [-0.4, -0.2) is 14.1 Å². The molecule has 0 aliphatic carbocycles. The molecule has 0 bridgehead atoms. The molecule has 1 heterocycles. The Morgan fingerprint density at radius 2 is 1.76 bits per heavy atom. The van der Waals surface area contributed by atoms with Gasteiger partial charge in [0.1, 0.15) is 11.5 Å². The van der Waals surface area contributed by atoms with E-state index in [0.29, 0.717) is 11.5 Å². The Morgan fingerprint density at radius 3 is 2.29 bits per heavy atom. The molecule has 6 heteroatoms. The van der Waals surface area contributed by atoms with Gasteiger partial charge in [-0.05, 0) is 24.3 Å². The van der Waals surface area contributed by atoms with E-state index in [-0.39, 0.29) is 10.3 Å². The molecular formula is C15H18N2O3S. The van der Waals surface area contributed by atoms with Crippen molar-refractivity contribution in [2.75, 3.05) is 0 Å². The van der Waals surface area contributed by atoms with Gasteiger partial charge in [-0.1, -0.05) is 39.0 Å². The molecule has 0 saturated heterocycles. The van der Waals surface area contributed by atoms with Crippen LogP contribution < -0.4 is 4.83 Å². The zero-order chi connectivity index (χ0) is 15.5. The molecule has 21 heavy (non-hydrogen) atoms. The lowest BCUT2D eigenvalue weighted by molar-refractivity contribution is 0.520. The number of sulfonamides is 1. The molecule has 1 N–H and O–H groups in total. The molecular weight excluding hydrogens is 288 g/mol. The quantitative estimate of drug-likeness (QED) is 0.697. The third-order valence-electron chi connectivity index (χ3n) is 2.80. The summed E-state index contributed by atoms with van der Waals surface area (Å²) in [5.74, 6) is 0.540. The van der Waals surface area contributed by atoms with Crippen molar-refractivity contribution in [3.8, 4) is 0 Å². The van der Waals surface area contributed by atoms with Gasteiger partial charge in [-0.25, -0.2) is 0 Å². The third kappa shape index (κ3) is 3.72. The highest BCUT2D eigenvalue weighted by Gasteiger charge is 2.24. The number of furan rings is 1. The average Bonchev–Trinajstić information content (AvgIpc) is 2.92. The normalized spacial score (nSPS) is 13.2. The van der Waals surface area contributed by atoms with Crippen LogP contribution in [0, 0.1) is 5.41 Å². The van der Waals surface area contributed by atoms with Gasteiger partial charge in [0.15, 0.2) is 0 Å². The monoisotopic (exact) mass is 306 g/mol. The van der Waals surface area contributed by atoms with Crippen molar-refractivity contribution in [3.63, 3.8) is 0 Å². The van der Waals surface area contributed by atoms with E-state index < -0.39 is 10.0 Å². The van der Waals surface area contributed by atoms with E-state index in [9.17, 15) is 8.42 Å². The lowest BCUT2D eigenvalue weighted by Gasteiger charge is -2.19. The fourth-order valence-electron chi connectivity index (χ4n) is 1.76. The summed E-state index contributed by atoms with van der Waals surface area (Å²) in [5, 5.41) is 4.07. The Kier molecular flexibility index (Phi) is 4.18. The number of hydrogen-bond acceptors (Lipinski definition) is 4. The van der Waals surface area contributed by atoms with Crippen molar-refractivity contribution < 1.29 is 12.8 Å². The zero-order valence-electron chi connectivity index (χ0n) is 12.2. The van der Waals surface area contributed by atoms with Gasteiger partial charge >= 0.3 is 0 Å². The molecule has 1 aromatic heterocycles. The smallest absolute Gasteiger partial charge is 0.276 e. The second-order valence-corrected chi connectivity index (χ2v) is 7.26. The van der Waals surface area contributed by atoms with Crippen LogP contribution in [0.4, 0.5) is 0 Å². The Hall–Kier alpha value is -2.08. The van der Waals surface area contributed by atoms with E-state index in [0.717, 1.165) is 0 Å². The predicted octanol–water partition coefficient (Wildman–Crippen LogP) is 3.01. The molecule has 0 unspecified atom stereocenters. The molecule has 0 aliphatic rings. The Bertz CT molecular complexity index is 712. The van der Waals surface area contributed by atoms with Gasteiger partial charge in [0.2, 0.25) is 0 Å². The molecule has 0 radical (unpaired) electrons. The highest BCUT2D eigenvalue weighted by atomic mass is 32.2. The summed E-state index contributed by atoms with van der Waals surface area (Å²) in [6.07, 6.45) is 1.53. The second-order valence-electron chi connectivity index (χ2n) is 5.60. The highest BCUT2D eigenvalue weighted by molar-refractivity contribution is 7.89. The standard InChI is InChI=1S/C15H18N2O3S/c1-15(2,3)14(13-10-7-11-20-13)16-17-21(18,19)12-8-5-4-6-9-12/h4-11,17H,1-3H3. The Balaban J connectivity index is 2.33. The van der Waals surface area contributed by atoms with E-state index in [1.54, 1.807) is 30.3 Å². The van der Waals surface area contributed by atoms with Crippen LogP contribution >= 0.6 is 0 Å². The van der Waals surface area contributed by atoms with Crippen LogP contribution in [0.15, 0.2) is 63.1 Å². The fourth-order valence-corrected chi connectivity index (χ4v) is 2.60. The van der Waals surface area contributed by atoms with Crippen molar-refractivity contribution in [3.05, 3.63) is 54.5 Å². The first-order chi connectivity index (χ1) is 9.81. The molecule has 5 nitrogen and oxygen atoms in total. The number of rotatable bonds is 4. The van der Waals surface area contributed by atoms with Gasteiger partial charge < -0.3 is 4.42 Å². The maximum Gasteiger partial charge on any atom is 0.276 e. The zero-order valence-corrected chi connectivity index (χ0v) is 13.0. The number of hydrogen-bond donors (Lipinski definition) is 1. The van der Waals surface area contributed by atoms with Crippen LogP contribution in [0.2, 0.25) is 0 Å². The van der Waals surface area contributed by atoms with Gasteiger partial charge in [0.25, 0.3) is 10.0 Å². The predicted molar refractivity (Wildman–Crippen MR) is 81.5 cm³/mol. The summed E-state index contributed by atoms with van der Waals surface area (Å²) < 4.78 is 29.7. The van der Waals surface area contributed by atoms with E-state index in [1.165, 1.54) is 18.4 Å². The van der Waals surface area contributed by atoms with Gasteiger partial charge in [-0.2, -0.15) is 18.4 Å². The van der Waals surface area contributed by atoms with E-state index in [1.807, 2.05) is 20.8 Å². The van der Waals surface area contributed by atoms with Gasteiger partial charge in [-0.3, -0.25) is 0 Å². The minimum atomic E-state index is -3.69. The summed E-state index contributed by atoms with van der Waals surface area (Å²) in [6.45, 7) is 5.81. The van der Waals surface area contributed by atoms with E-state index >= 15 is 0 Å². The first-order valence-electron chi connectivity index (χ1n) is 6.49. The molecule has 0 spiro atoms. The van der Waals surface area contributed by atoms with Crippen molar-refractivity contribution in [1.29, 1.82) is 0 Å². The topological polar surface area (TPSA) is 71.7 Å². The van der Waals surface area contributed by atoms with Crippen LogP contribution in [-0.2, 0) is 10.0 Å². The lowest BCUT2D eigenvalue weighted by atomic mass is 9.88. The maximum atomic E-state index is 12.2. The third-order valence-corrected chi connectivity index (χ3v) is 4.02. The summed E-state index contributed by atoms with van der Waals surface area (Å²) in [6, 6.07) is 11.6. The van der Waals surface area contributed by atoms with E-state index in [4.69, 9.17) is 4.42 Å². The maximum absolute atomic E-state index is 12.2. The SMILES string of the molecule is CC(C)(C)C(=NNS(=O)(=O)c1ccccc1)c1ccco1. The number of nitrogens with zero attached hydrogens (tertiary/aromatic N) is 1. The Labute approximate surface area is 124 Å². The molecule has 0 atom stereocenters.